The highest BCUT2D eigenvalue weighted by Crippen LogP contribution is 2.20. The lowest BCUT2D eigenvalue weighted by Crippen LogP contribution is -2.36. The van der Waals surface area contributed by atoms with Crippen molar-refractivity contribution >= 4 is 5.69 Å². The Bertz CT molecular complexity index is 353. The molecule has 1 aromatic heterocycles. The van der Waals surface area contributed by atoms with Crippen molar-refractivity contribution in [3.63, 3.8) is 0 Å². The summed E-state index contributed by atoms with van der Waals surface area (Å²) in [6.45, 7) is 11.8. The van der Waals surface area contributed by atoms with Crippen LogP contribution in [0.15, 0.2) is 18.5 Å². The second-order valence-corrected chi connectivity index (χ2v) is 5.81. The lowest BCUT2D eigenvalue weighted by atomic mass is 10.1. The zero-order chi connectivity index (χ0) is 13.1. The fourth-order valence-corrected chi connectivity index (χ4v) is 1.54. The molecule has 0 saturated heterocycles. The van der Waals surface area contributed by atoms with Crippen molar-refractivity contribution in [1.29, 1.82) is 0 Å². The van der Waals surface area contributed by atoms with Crippen molar-refractivity contribution < 1.29 is 0 Å². The predicted octanol–water partition coefficient (Wildman–Crippen LogP) is 2.81. The molecule has 0 amide bonds. The first kappa shape index (κ1) is 14.0. The van der Waals surface area contributed by atoms with Crippen molar-refractivity contribution in [3.05, 3.63) is 24.0 Å². The van der Waals surface area contributed by atoms with Gasteiger partial charge in [-0.25, -0.2) is 0 Å². The fourth-order valence-electron chi connectivity index (χ4n) is 1.54. The maximum Gasteiger partial charge on any atom is 0.0442 e. The van der Waals surface area contributed by atoms with Gasteiger partial charge in [0.2, 0.25) is 0 Å². The molecule has 0 atom stereocenters. The summed E-state index contributed by atoms with van der Waals surface area (Å²) < 4.78 is 0. The molecule has 0 radical (unpaired) electrons. The van der Waals surface area contributed by atoms with Crippen LogP contribution in [0.2, 0.25) is 0 Å². The van der Waals surface area contributed by atoms with Crippen molar-refractivity contribution in [1.82, 2.24) is 10.3 Å². The first-order valence-electron chi connectivity index (χ1n) is 6.22. The Kier molecular flexibility index (Phi) is 4.52. The highest BCUT2D eigenvalue weighted by Gasteiger charge is 2.13. The quantitative estimate of drug-likeness (QED) is 0.870. The molecule has 17 heavy (non-hydrogen) atoms. The summed E-state index contributed by atoms with van der Waals surface area (Å²) >= 11 is 0. The third-order valence-corrected chi connectivity index (χ3v) is 2.84. The van der Waals surface area contributed by atoms with Crippen LogP contribution >= 0.6 is 0 Å². The first-order chi connectivity index (χ1) is 7.81. The summed E-state index contributed by atoms with van der Waals surface area (Å²) in [5.41, 5.74) is 2.63. The lowest BCUT2D eigenvalue weighted by molar-refractivity contribution is 0.424. The van der Waals surface area contributed by atoms with E-state index < -0.39 is 0 Å². The third-order valence-electron chi connectivity index (χ3n) is 2.84. The number of nitrogens with zero attached hydrogens (tertiary/aromatic N) is 2. The van der Waals surface area contributed by atoms with Crippen LogP contribution in [0.1, 0.15) is 40.2 Å². The van der Waals surface area contributed by atoms with E-state index in [0.29, 0.717) is 6.04 Å². The van der Waals surface area contributed by atoms with Crippen molar-refractivity contribution in [2.24, 2.45) is 0 Å². The average Bonchev–Trinajstić information content (AvgIpc) is 2.24. The summed E-state index contributed by atoms with van der Waals surface area (Å²) in [6, 6.07) is 2.57. The zero-order valence-corrected chi connectivity index (χ0v) is 11.9. The van der Waals surface area contributed by atoms with Crippen LogP contribution in [-0.2, 0) is 6.54 Å². The van der Waals surface area contributed by atoms with Crippen LogP contribution in [-0.4, -0.2) is 23.6 Å². The number of aromatic nitrogens is 1. The van der Waals surface area contributed by atoms with Crippen molar-refractivity contribution in [3.8, 4) is 0 Å². The first-order valence-corrected chi connectivity index (χ1v) is 6.22. The Balaban J connectivity index is 2.85. The Morgan fingerprint density at radius 3 is 2.53 bits per heavy atom. The molecule has 1 heterocycles. The molecule has 1 N–H and O–H groups in total. The van der Waals surface area contributed by atoms with Gasteiger partial charge >= 0.3 is 0 Å². The van der Waals surface area contributed by atoms with E-state index in [9.17, 15) is 0 Å². The molecule has 0 aliphatic carbocycles. The van der Waals surface area contributed by atoms with Crippen LogP contribution < -0.4 is 10.2 Å². The van der Waals surface area contributed by atoms with Gasteiger partial charge in [0.1, 0.15) is 0 Å². The summed E-state index contributed by atoms with van der Waals surface area (Å²) in [6.07, 6.45) is 3.81. The van der Waals surface area contributed by atoms with Gasteiger partial charge in [-0.2, -0.15) is 0 Å². The van der Waals surface area contributed by atoms with Crippen LogP contribution in [0.25, 0.3) is 0 Å². The highest BCUT2D eigenvalue weighted by atomic mass is 15.1. The molecule has 0 aromatic carbocycles. The summed E-state index contributed by atoms with van der Waals surface area (Å²) in [7, 11) is 2.13. The van der Waals surface area contributed by atoms with E-state index in [1.54, 1.807) is 0 Å². The summed E-state index contributed by atoms with van der Waals surface area (Å²) in [4.78, 5) is 6.50. The largest absolute Gasteiger partial charge is 0.372 e. The van der Waals surface area contributed by atoms with Gasteiger partial charge in [-0.1, -0.05) is 0 Å². The molecule has 0 aliphatic rings. The Labute approximate surface area is 105 Å². The predicted molar refractivity (Wildman–Crippen MR) is 74.4 cm³/mol. The monoisotopic (exact) mass is 235 g/mol. The Morgan fingerprint density at radius 2 is 2.00 bits per heavy atom. The molecule has 96 valence electrons. The molecule has 0 saturated carbocycles. The highest BCUT2D eigenvalue weighted by molar-refractivity contribution is 5.52. The number of anilines is 1. The van der Waals surface area contributed by atoms with Gasteiger partial charge in [0.05, 0.1) is 0 Å². The molecule has 0 bridgehead atoms. The number of rotatable bonds is 4. The Hall–Kier alpha value is -1.09. The number of hydrogen-bond donors (Lipinski definition) is 1. The van der Waals surface area contributed by atoms with E-state index in [4.69, 9.17) is 0 Å². The van der Waals surface area contributed by atoms with Gasteiger partial charge in [0.15, 0.2) is 0 Å². The topological polar surface area (TPSA) is 28.2 Å². The standard InChI is InChI=1S/C14H25N3/c1-11(2)17(6)13-7-8-15-9-12(13)10-16-14(3,4)5/h7-9,11,16H,10H2,1-6H3. The number of pyridine rings is 1. The smallest absolute Gasteiger partial charge is 0.0442 e. The van der Waals surface area contributed by atoms with Gasteiger partial charge in [-0.15, -0.1) is 0 Å². The van der Waals surface area contributed by atoms with Crippen LogP contribution in [0.4, 0.5) is 5.69 Å². The fraction of sp³-hybridized carbons (Fsp3) is 0.643. The average molecular weight is 235 g/mol. The van der Waals surface area contributed by atoms with Gasteiger partial charge in [0, 0.05) is 48.8 Å². The molecule has 3 nitrogen and oxygen atoms in total. The molecule has 0 fully saturated rings. The van der Waals surface area contributed by atoms with E-state index >= 15 is 0 Å². The molecular weight excluding hydrogens is 210 g/mol. The van der Waals surface area contributed by atoms with E-state index in [0.717, 1.165) is 6.54 Å². The minimum absolute atomic E-state index is 0.128. The zero-order valence-electron chi connectivity index (χ0n) is 11.9. The van der Waals surface area contributed by atoms with Crippen molar-refractivity contribution in [2.75, 3.05) is 11.9 Å². The van der Waals surface area contributed by atoms with Crippen LogP contribution in [0.5, 0.6) is 0 Å². The molecule has 0 unspecified atom stereocenters. The maximum absolute atomic E-state index is 4.22. The molecule has 1 aromatic rings. The van der Waals surface area contributed by atoms with E-state index in [1.807, 2.05) is 12.4 Å². The lowest BCUT2D eigenvalue weighted by Gasteiger charge is -2.27. The van der Waals surface area contributed by atoms with Crippen LogP contribution in [0, 0.1) is 0 Å². The van der Waals surface area contributed by atoms with E-state index in [1.165, 1.54) is 11.3 Å². The molecule has 0 spiro atoms. The van der Waals surface area contributed by atoms with Gasteiger partial charge in [0.25, 0.3) is 0 Å². The summed E-state index contributed by atoms with van der Waals surface area (Å²) in [5.74, 6) is 0. The summed E-state index contributed by atoms with van der Waals surface area (Å²) in [5, 5.41) is 3.51. The van der Waals surface area contributed by atoms with E-state index in [2.05, 4.69) is 62.9 Å². The van der Waals surface area contributed by atoms with E-state index in [-0.39, 0.29) is 5.54 Å². The third kappa shape index (κ3) is 4.35. The molecule has 0 aliphatic heterocycles. The molecule has 3 heteroatoms. The second-order valence-electron chi connectivity index (χ2n) is 5.81. The normalized spacial score (nSPS) is 11.9. The minimum Gasteiger partial charge on any atom is -0.372 e. The molecule has 1 rings (SSSR count). The Morgan fingerprint density at radius 1 is 1.35 bits per heavy atom. The van der Waals surface area contributed by atoms with Crippen LogP contribution in [0.3, 0.4) is 0 Å². The molecular formula is C14H25N3. The number of nitrogens with one attached hydrogen (secondary N) is 1. The maximum atomic E-state index is 4.22. The second kappa shape index (κ2) is 5.50. The SMILES string of the molecule is CC(C)N(C)c1ccncc1CNC(C)(C)C. The van der Waals surface area contributed by atoms with Gasteiger partial charge in [-0.3, -0.25) is 4.98 Å². The van der Waals surface area contributed by atoms with Gasteiger partial charge in [-0.05, 0) is 40.7 Å². The van der Waals surface area contributed by atoms with Gasteiger partial charge < -0.3 is 10.2 Å². The van der Waals surface area contributed by atoms with Crippen molar-refractivity contribution in [2.45, 2.75) is 52.7 Å². The minimum atomic E-state index is 0.128. The number of hydrogen-bond acceptors (Lipinski definition) is 3.